The van der Waals surface area contributed by atoms with E-state index >= 15 is 0 Å². The number of nitrogens with zero attached hydrogens (tertiary/aromatic N) is 3. The smallest absolute Gasteiger partial charge is 0.226 e. The van der Waals surface area contributed by atoms with Crippen LogP contribution in [0.15, 0.2) is 36.7 Å². The maximum absolute atomic E-state index is 12.1. The van der Waals surface area contributed by atoms with Crippen molar-refractivity contribution in [2.75, 3.05) is 11.9 Å². The van der Waals surface area contributed by atoms with E-state index < -0.39 is 0 Å². The Labute approximate surface area is 143 Å². The van der Waals surface area contributed by atoms with Crippen LogP contribution in [0, 0.1) is 0 Å². The SMILES string of the molecule is CC(NC(=O)CCNc1nc(Cl)nc2nc[nH]c12)c1ccccc1. The summed E-state index contributed by atoms with van der Waals surface area (Å²) in [6.07, 6.45) is 1.84. The zero-order valence-corrected chi connectivity index (χ0v) is 13.8. The number of fused-ring (bicyclic) bond motifs is 1. The maximum atomic E-state index is 12.1. The van der Waals surface area contributed by atoms with Gasteiger partial charge in [-0.1, -0.05) is 30.3 Å². The molecule has 2 aromatic heterocycles. The third-order valence-electron chi connectivity index (χ3n) is 3.58. The number of nitrogens with one attached hydrogen (secondary N) is 3. The number of benzene rings is 1. The molecule has 2 heterocycles. The highest BCUT2D eigenvalue weighted by molar-refractivity contribution is 6.28. The number of carbonyl (C=O) groups excluding carboxylic acids is 1. The van der Waals surface area contributed by atoms with Gasteiger partial charge < -0.3 is 15.6 Å². The summed E-state index contributed by atoms with van der Waals surface area (Å²) in [5.74, 6) is 0.492. The molecule has 1 unspecified atom stereocenters. The van der Waals surface area contributed by atoms with Crippen molar-refractivity contribution in [2.24, 2.45) is 0 Å². The first-order valence-corrected chi connectivity index (χ1v) is 7.96. The van der Waals surface area contributed by atoms with Gasteiger partial charge in [-0.25, -0.2) is 4.98 Å². The number of carbonyl (C=O) groups is 1. The molecule has 3 aromatic rings. The van der Waals surface area contributed by atoms with Gasteiger partial charge in [-0.05, 0) is 24.1 Å². The molecule has 1 amide bonds. The first-order valence-electron chi connectivity index (χ1n) is 7.58. The number of H-pyrrole nitrogens is 1. The van der Waals surface area contributed by atoms with Crippen LogP contribution in [-0.2, 0) is 4.79 Å². The summed E-state index contributed by atoms with van der Waals surface area (Å²) < 4.78 is 0. The van der Waals surface area contributed by atoms with Crippen LogP contribution in [0.1, 0.15) is 24.9 Å². The second-order valence-electron chi connectivity index (χ2n) is 5.32. The van der Waals surface area contributed by atoms with Crippen LogP contribution in [-0.4, -0.2) is 32.4 Å². The summed E-state index contributed by atoms with van der Waals surface area (Å²) in [5.41, 5.74) is 2.22. The van der Waals surface area contributed by atoms with Crippen molar-refractivity contribution in [3.63, 3.8) is 0 Å². The quantitative estimate of drug-likeness (QED) is 0.597. The Morgan fingerprint density at radius 3 is 2.88 bits per heavy atom. The maximum Gasteiger partial charge on any atom is 0.226 e. The van der Waals surface area contributed by atoms with E-state index in [1.165, 1.54) is 6.33 Å². The van der Waals surface area contributed by atoms with Crippen molar-refractivity contribution in [1.29, 1.82) is 0 Å². The predicted molar refractivity (Wildman–Crippen MR) is 92.8 cm³/mol. The van der Waals surface area contributed by atoms with Crippen LogP contribution in [0.25, 0.3) is 11.2 Å². The van der Waals surface area contributed by atoms with E-state index in [4.69, 9.17) is 11.6 Å². The molecular formula is C16H17ClN6O. The molecule has 3 rings (SSSR count). The molecule has 0 spiro atoms. The molecule has 0 aliphatic carbocycles. The van der Waals surface area contributed by atoms with E-state index in [0.29, 0.717) is 29.9 Å². The number of rotatable bonds is 6. The fraction of sp³-hybridized carbons (Fsp3) is 0.250. The summed E-state index contributed by atoms with van der Waals surface area (Å²) in [6.45, 7) is 2.38. The van der Waals surface area contributed by atoms with E-state index in [9.17, 15) is 4.79 Å². The van der Waals surface area contributed by atoms with Gasteiger partial charge in [-0.15, -0.1) is 0 Å². The van der Waals surface area contributed by atoms with Crippen molar-refractivity contribution >= 4 is 34.5 Å². The highest BCUT2D eigenvalue weighted by atomic mass is 35.5. The lowest BCUT2D eigenvalue weighted by atomic mass is 10.1. The van der Waals surface area contributed by atoms with Gasteiger partial charge in [0.05, 0.1) is 12.4 Å². The lowest BCUT2D eigenvalue weighted by molar-refractivity contribution is -0.121. The predicted octanol–water partition coefficient (Wildman–Crippen LogP) is 2.69. The van der Waals surface area contributed by atoms with Crippen LogP contribution in [0.4, 0.5) is 5.82 Å². The molecule has 124 valence electrons. The van der Waals surface area contributed by atoms with Crippen LogP contribution < -0.4 is 10.6 Å². The summed E-state index contributed by atoms with van der Waals surface area (Å²) in [6, 6.07) is 9.79. The van der Waals surface area contributed by atoms with E-state index in [1.807, 2.05) is 37.3 Å². The molecular weight excluding hydrogens is 328 g/mol. The average Bonchev–Trinajstić information content (AvgIpc) is 3.04. The molecule has 8 heteroatoms. The fourth-order valence-electron chi connectivity index (χ4n) is 2.37. The van der Waals surface area contributed by atoms with Crippen molar-refractivity contribution in [2.45, 2.75) is 19.4 Å². The summed E-state index contributed by atoms with van der Waals surface area (Å²) in [7, 11) is 0. The van der Waals surface area contributed by atoms with Gasteiger partial charge in [0.15, 0.2) is 11.5 Å². The largest absolute Gasteiger partial charge is 0.368 e. The normalized spacial score (nSPS) is 12.1. The molecule has 24 heavy (non-hydrogen) atoms. The van der Waals surface area contributed by atoms with Crippen molar-refractivity contribution in [3.05, 3.63) is 47.5 Å². The number of imidazole rings is 1. The number of anilines is 1. The summed E-state index contributed by atoms with van der Waals surface area (Å²) in [5, 5.41) is 6.17. The number of hydrogen-bond donors (Lipinski definition) is 3. The molecule has 0 saturated carbocycles. The van der Waals surface area contributed by atoms with Gasteiger partial charge in [0.1, 0.15) is 5.52 Å². The lowest BCUT2D eigenvalue weighted by Crippen LogP contribution is -2.28. The monoisotopic (exact) mass is 344 g/mol. The third-order valence-corrected chi connectivity index (χ3v) is 3.75. The molecule has 0 saturated heterocycles. The van der Waals surface area contributed by atoms with Gasteiger partial charge in [-0.3, -0.25) is 4.79 Å². The standard InChI is InChI=1S/C16H17ClN6O/c1-10(11-5-3-2-4-6-11)21-12(24)7-8-18-14-13-15(20-9-19-13)23-16(17)22-14/h2-6,9-10H,7-8H2,1H3,(H,21,24)(H2,18,19,20,22,23). The van der Waals surface area contributed by atoms with Crippen molar-refractivity contribution in [1.82, 2.24) is 25.3 Å². The van der Waals surface area contributed by atoms with Crippen LogP contribution in [0.2, 0.25) is 5.28 Å². The Morgan fingerprint density at radius 2 is 2.08 bits per heavy atom. The van der Waals surface area contributed by atoms with Crippen LogP contribution in [0.3, 0.4) is 0 Å². The molecule has 1 atom stereocenters. The van der Waals surface area contributed by atoms with Crippen molar-refractivity contribution in [3.8, 4) is 0 Å². The Bertz CT molecular complexity index is 835. The van der Waals surface area contributed by atoms with Gasteiger partial charge in [0.2, 0.25) is 11.2 Å². The number of aromatic nitrogens is 4. The molecule has 1 aromatic carbocycles. The topological polar surface area (TPSA) is 95.6 Å². The minimum atomic E-state index is -0.0418. The minimum absolute atomic E-state index is 0.0356. The Balaban J connectivity index is 1.54. The first kappa shape index (κ1) is 16.2. The van der Waals surface area contributed by atoms with Crippen LogP contribution in [0.5, 0.6) is 0 Å². The van der Waals surface area contributed by atoms with Gasteiger partial charge in [0.25, 0.3) is 0 Å². The summed E-state index contributed by atoms with van der Waals surface area (Å²) in [4.78, 5) is 27.2. The molecule has 0 aliphatic heterocycles. The molecule has 0 radical (unpaired) electrons. The second-order valence-corrected chi connectivity index (χ2v) is 5.66. The Kier molecular flexibility index (Phi) is 4.90. The number of hydrogen-bond acceptors (Lipinski definition) is 5. The lowest BCUT2D eigenvalue weighted by Gasteiger charge is -2.14. The molecule has 0 fully saturated rings. The van der Waals surface area contributed by atoms with E-state index in [1.54, 1.807) is 0 Å². The Hall–Kier alpha value is -2.67. The highest BCUT2D eigenvalue weighted by Crippen LogP contribution is 2.18. The molecule has 0 bridgehead atoms. The van der Waals surface area contributed by atoms with Gasteiger partial charge in [-0.2, -0.15) is 9.97 Å². The Morgan fingerprint density at radius 1 is 1.29 bits per heavy atom. The zero-order valence-electron chi connectivity index (χ0n) is 13.1. The fourth-order valence-corrected chi connectivity index (χ4v) is 2.53. The first-order chi connectivity index (χ1) is 11.6. The third kappa shape index (κ3) is 3.80. The van der Waals surface area contributed by atoms with E-state index in [2.05, 4.69) is 30.6 Å². The average molecular weight is 345 g/mol. The van der Waals surface area contributed by atoms with Crippen LogP contribution >= 0.6 is 11.6 Å². The van der Waals surface area contributed by atoms with Gasteiger partial charge in [0, 0.05) is 13.0 Å². The molecule has 3 N–H and O–H groups in total. The highest BCUT2D eigenvalue weighted by Gasteiger charge is 2.11. The minimum Gasteiger partial charge on any atom is -0.368 e. The van der Waals surface area contributed by atoms with Gasteiger partial charge >= 0.3 is 0 Å². The number of amides is 1. The number of aromatic amines is 1. The van der Waals surface area contributed by atoms with Crippen molar-refractivity contribution < 1.29 is 4.79 Å². The molecule has 0 aliphatic rings. The van der Waals surface area contributed by atoms with E-state index in [-0.39, 0.29) is 17.2 Å². The zero-order chi connectivity index (χ0) is 16.9. The summed E-state index contributed by atoms with van der Waals surface area (Å²) >= 11 is 5.86. The second kappa shape index (κ2) is 7.27. The molecule has 7 nitrogen and oxygen atoms in total. The van der Waals surface area contributed by atoms with E-state index in [0.717, 1.165) is 5.56 Å². The number of halogens is 1.